The van der Waals surface area contributed by atoms with Crippen molar-refractivity contribution in [3.8, 4) is 0 Å². The van der Waals surface area contributed by atoms with E-state index in [4.69, 9.17) is 23.2 Å². The predicted octanol–water partition coefficient (Wildman–Crippen LogP) is 3.53. The molecule has 1 saturated heterocycles. The van der Waals surface area contributed by atoms with Gasteiger partial charge in [-0.05, 0) is 30.3 Å². The third kappa shape index (κ3) is 4.97. The van der Waals surface area contributed by atoms with Crippen molar-refractivity contribution in [2.45, 2.75) is 0 Å². The molecule has 0 unspecified atom stereocenters. The molecule has 0 radical (unpaired) electrons. The summed E-state index contributed by atoms with van der Waals surface area (Å²) in [5.41, 5.74) is 0.570. The van der Waals surface area contributed by atoms with Crippen LogP contribution in [-0.2, 0) is 4.79 Å². The summed E-state index contributed by atoms with van der Waals surface area (Å²) in [6.07, 6.45) is 0. The lowest BCUT2D eigenvalue weighted by molar-refractivity contribution is -0.117. The molecule has 2 aromatic carbocycles. The van der Waals surface area contributed by atoms with Gasteiger partial charge in [-0.15, -0.1) is 0 Å². The fraction of sp³-hybridized carbons (Fsp3) is 0.263. The van der Waals surface area contributed by atoms with E-state index in [1.54, 1.807) is 29.2 Å². The van der Waals surface area contributed by atoms with E-state index < -0.39 is 5.82 Å². The number of hydrogen-bond donors (Lipinski definition) is 1. The van der Waals surface area contributed by atoms with Crippen LogP contribution in [0, 0.1) is 5.82 Å². The lowest BCUT2D eigenvalue weighted by Gasteiger charge is -2.34. The largest absolute Gasteiger partial charge is 0.336 e. The minimum Gasteiger partial charge on any atom is -0.336 e. The van der Waals surface area contributed by atoms with Gasteiger partial charge in [0.1, 0.15) is 5.82 Å². The number of rotatable bonds is 4. The molecule has 1 aliphatic heterocycles. The first-order valence-corrected chi connectivity index (χ1v) is 9.20. The van der Waals surface area contributed by atoms with Gasteiger partial charge in [-0.3, -0.25) is 14.5 Å². The molecule has 0 aromatic heterocycles. The fourth-order valence-electron chi connectivity index (χ4n) is 2.90. The number of halogens is 3. The Labute approximate surface area is 166 Å². The Morgan fingerprint density at radius 2 is 1.74 bits per heavy atom. The molecule has 0 aliphatic carbocycles. The third-order valence-electron chi connectivity index (χ3n) is 4.34. The molecule has 5 nitrogen and oxygen atoms in total. The minimum absolute atomic E-state index is 0.0944. The first kappa shape index (κ1) is 19.6. The summed E-state index contributed by atoms with van der Waals surface area (Å²) in [5.74, 6) is -1.01. The highest BCUT2D eigenvalue weighted by Crippen LogP contribution is 2.20. The highest BCUT2D eigenvalue weighted by atomic mass is 35.5. The average molecular weight is 410 g/mol. The zero-order valence-corrected chi connectivity index (χ0v) is 15.9. The van der Waals surface area contributed by atoms with Crippen molar-refractivity contribution in [1.82, 2.24) is 9.80 Å². The molecule has 2 amide bonds. The van der Waals surface area contributed by atoms with Crippen LogP contribution in [-0.4, -0.2) is 54.3 Å². The normalized spacial score (nSPS) is 14.9. The summed E-state index contributed by atoms with van der Waals surface area (Å²) in [6, 6.07) is 11.0. The monoisotopic (exact) mass is 409 g/mol. The molecule has 1 aliphatic rings. The summed E-state index contributed by atoms with van der Waals surface area (Å²) in [5, 5.41) is 3.23. The van der Waals surface area contributed by atoms with Crippen LogP contribution in [0.1, 0.15) is 10.4 Å². The van der Waals surface area contributed by atoms with E-state index in [9.17, 15) is 14.0 Å². The van der Waals surface area contributed by atoms with Crippen molar-refractivity contribution < 1.29 is 14.0 Å². The van der Waals surface area contributed by atoms with Crippen molar-refractivity contribution in [1.29, 1.82) is 0 Å². The highest BCUT2D eigenvalue weighted by molar-refractivity contribution is 6.33. The number of piperazine rings is 1. The molecule has 0 spiro atoms. The number of benzene rings is 2. The second kappa shape index (κ2) is 8.69. The van der Waals surface area contributed by atoms with Gasteiger partial charge in [-0.25, -0.2) is 4.39 Å². The summed E-state index contributed by atoms with van der Waals surface area (Å²) in [4.78, 5) is 28.3. The zero-order valence-electron chi connectivity index (χ0n) is 14.4. The highest BCUT2D eigenvalue weighted by Gasteiger charge is 2.24. The van der Waals surface area contributed by atoms with Crippen molar-refractivity contribution in [3.63, 3.8) is 0 Å². The number of anilines is 1. The number of amides is 2. The van der Waals surface area contributed by atoms with Crippen LogP contribution in [0.5, 0.6) is 0 Å². The topological polar surface area (TPSA) is 52.7 Å². The summed E-state index contributed by atoms with van der Waals surface area (Å²) < 4.78 is 13.8. The number of nitrogens with zero attached hydrogens (tertiary/aromatic N) is 2. The van der Waals surface area contributed by atoms with E-state index in [0.717, 1.165) is 6.07 Å². The number of carbonyl (C=O) groups is 2. The Morgan fingerprint density at radius 3 is 2.41 bits per heavy atom. The van der Waals surface area contributed by atoms with Gasteiger partial charge >= 0.3 is 0 Å². The van der Waals surface area contributed by atoms with E-state index in [-0.39, 0.29) is 29.1 Å². The van der Waals surface area contributed by atoms with Gasteiger partial charge in [0.2, 0.25) is 5.91 Å². The Balaban J connectivity index is 1.51. The van der Waals surface area contributed by atoms with Crippen molar-refractivity contribution >= 4 is 40.7 Å². The maximum Gasteiger partial charge on any atom is 0.255 e. The van der Waals surface area contributed by atoms with E-state index in [0.29, 0.717) is 36.8 Å². The molecule has 3 rings (SSSR count). The average Bonchev–Trinajstić information content (AvgIpc) is 2.64. The smallest absolute Gasteiger partial charge is 0.255 e. The quantitative estimate of drug-likeness (QED) is 0.839. The molecule has 8 heteroatoms. The van der Waals surface area contributed by atoms with E-state index in [1.165, 1.54) is 12.1 Å². The Kier molecular flexibility index (Phi) is 6.31. The van der Waals surface area contributed by atoms with E-state index in [2.05, 4.69) is 5.32 Å². The standard InChI is InChI=1S/C19H18Cl2FN3O2/c20-13-5-6-17(16(22)11-13)23-18(26)12-24-7-9-25(10-8-24)19(27)14-3-1-2-4-15(14)21/h1-6,11H,7-10,12H2,(H,23,26). The molecular weight excluding hydrogens is 392 g/mol. The number of hydrogen-bond acceptors (Lipinski definition) is 3. The van der Waals surface area contributed by atoms with Crippen molar-refractivity contribution in [2.24, 2.45) is 0 Å². The molecule has 0 saturated carbocycles. The molecular formula is C19H18Cl2FN3O2. The predicted molar refractivity (Wildman–Crippen MR) is 104 cm³/mol. The summed E-state index contributed by atoms with van der Waals surface area (Å²) in [7, 11) is 0. The Morgan fingerprint density at radius 1 is 1.04 bits per heavy atom. The van der Waals surface area contributed by atoms with Gasteiger partial charge in [0.05, 0.1) is 22.8 Å². The fourth-order valence-corrected chi connectivity index (χ4v) is 3.27. The van der Waals surface area contributed by atoms with Crippen LogP contribution in [0.25, 0.3) is 0 Å². The maximum absolute atomic E-state index is 13.8. The van der Waals surface area contributed by atoms with Gasteiger partial charge in [0, 0.05) is 31.2 Å². The lowest BCUT2D eigenvalue weighted by atomic mass is 10.2. The molecule has 0 bridgehead atoms. The lowest BCUT2D eigenvalue weighted by Crippen LogP contribution is -2.50. The van der Waals surface area contributed by atoms with Gasteiger partial charge in [0.15, 0.2) is 0 Å². The summed E-state index contributed by atoms with van der Waals surface area (Å²) in [6.45, 7) is 2.20. The van der Waals surface area contributed by atoms with Crippen LogP contribution < -0.4 is 5.32 Å². The van der Waals surface area contributed by atoms with Crippen molar-refractivity contribution in [3.05, 3.63) is 63.9 Å². The molecule has 1 fully saturated rings. The van der Waals surface area contributed by atoms with Gasteiger partial charge < -0.3 is 10.2 Å². The minimum atomic E-state index is -0.578. The van der Waals surface area contributed by atoms with Crippen LogP contribution in [0.4, 0.5) is 10.1 Å². The second-order valence-corrected chi connectivity index (χ2v) is 7.06. The van der Waals surface area contributed by atoms with Gasteiger partial charge in [0.25, 0.3) is 5.91 Å². The third-order valence-corrected chi connectivity index (χ3v) is 4.90. The van der Waals surface area contributed by atoms with Gasteiger partial charge in [-0.2, -0.15) is 0 Å². The molecule has 0 atom stereocenters. The van der Waals surface area contributed by atoms with Crippen LogP contribution in [0.2, 0.25) is 10.0 Å². The van der Waals surface area contributed by atoms with Crippen LogP contribution >= 0.6 is 23.2 Å². The first-order valence-electron chi connectivity index (χ1n) is 8.45. The first-order chi connectivity index (χ1) is 12.9. The molecule has 1 heterocycles. The van der Waals surface area contributed by atoms with E-state index >= 15 is 0 Å². The van der Waals surface area contributed by atoms with Crippen LogP contribution in [0.3, 0.4) is 0 Å². The van der Waals surface area contributed by atoms with Crippen molar-refractivity contribution in [2.75, 3.05) is 38.0 Å². The van der Waals surface area contributed by atoms with E-state index in [1.807, 2.05) is 4.90 Å². The molecule has 2 aromatic rings. The van der Waals surface area contributed by atoms with Crippen LogP contribution in [0.15, 0.2) is 42.5 Å². The van der Waals surface area contributed by atoms with Gasteiger partial charge in [-0.1, -0.05) is 35.3 Å². The maximum atomic E-state index is 13.8. The second-order valence-electron chi connectivity index (χ2n) is 6.22. The number of carbonyl (C=O) groups excluding carboxylic acids is 2. The zero-order chi connectivity index (χ0) is 19.4. The molecule has 27 heavy (non-hydrogen) atoms. The Hall–Kier alpha value is -2.15. The molecule has 142 valence electrons. The SMILES string of the molecule is O=C(CN1CCN(C(=O)c2ccccc2Cl)CC1)Nc1ccc(Cl)cc1F. The summed E-state index contributed by atoms with van der Waals surface area (Å²) >= 11 is 11.8. The number of nitrogens with one attached hydrogen (secondary N) is 1. The Bertz CT molecular complexity index is 855. The molecule has 1 N–H and O–H groups in total.